The van der Waals surface area contributed by atoms with Gasteiger partial charge in [0.25, 0.3) is 0 Å². The molecule has 0 unspecified atom stereocenters. The van der Waals surface area contributed by atoms with Crippen molar-refractivity contribution in [2.75, 3.05) is 5.75 Å². The fourth-order valence-corrected chi connectivity index (χ4v) is 2.16. The van der Waals surface area contributed by atoms with E-state index in [4.69, 9.17) is 0 Å². The zero-order chi connectivity index (χ0) is 12.0. The van der Waals surface area contributed by atoms with Gasteiger partial charge in [0.05, 0.1) is 0 Å². The maximum Gasteiger partial charge on any atom is 0.389 e. The van der Waals surface area contributed by atoms with E-state index in [1.54, 1.807) is 11.8 Å². The van der Waals surface area contributed by atoms with Crippen molar-refractivity contribution in [2.45, 2.75) is 37.3 Å². The van der Waals surface area contributed by atoms with Crippen molar-refractivity contribution in [3.8, 4) is 0 Å². The van der Waals surface area contributed by atoms with Crippen molar-refractivity contribution in [3.05, 3.63) is 29.8 Å². The van der Waals surface area contributed by atoms with Gasteiger partial charge >= 0.3 is 6.18 Å². The van der Waals surface area contributed by atoms with Gasteiger partial charge in [0.2, 0.25) is 0 Å². The normalized spacial score (nSPS) is 11.8. The van der Waals surface area contributed by atoms with Gasteiger partial charge in [0.15, 0.2) is 0 Å². The summed E-state index contributed by atoms with van der Waals surface area (Å²) in [6, 6.07) is 8.03. The molecule has 0 aromatic heterocycles. The third kappa shape index (κ3) is 6.05. The van der Waals surface area contributed by atoms with Crippen molar-refractivity contribution in [3.63, 3.8) is 0 Å². The Kier molecular flexibility index (Phi) is 5.19. The fourth-order valence-electron chi connectivity index (χ4n) is 1.25. The van der Waals surface area contributed by atoms with E-state index in [0.29, 0.717) is 6.42 Å². The Labute approximate surface area is 98.2 Å². The Morgan fingerprint density at radius 1 is 1.06 bits per heavy atom. The van der Waals surface area contributed by atoms with Gasteiger partial charge in [0.1, 0.15) is 0 Å². The molecule has 0 spiro atoms. The molecule has 0 fully saturated rings. The van der Waals surface area contributed by atoms with Gasteiger partial charge in [0, 0.05) is 11.3 Å². The molecule has 1 rings (SSSR count). The van der Waals surface area contributed by atoms with Crippen molar-refractivity contribution in [1.29, 1.82) is 0 Å². The number of thioether (sulfide) groups is 1. The minimum Gasteiger partial charge on any atom is -0.171 e. The lowest BCUT2D eigenvalue weighted by Crippen LogP contribution is -2.06. The molecule has 0 amide bonds. The van der Waals surface area contributed by atoms with Crippen molar-refractivity contribution < 1.29 is 13.2 Å². The van der Waals surface area contributed by atoms with Crippen LogP contribution in [-0.2, 0) is 0 Å². The maximum absolute atomic E-state index is 11.8. The molecule has 16 heavy (non-hydrogen) atoms. The Balaban J connectivity index is 2.14. The second-order valence-corrected chi connectivity index (χ2v) is 4.90. The van der Waals surface area contributed by atoms with Crippen LogP contribution in [0.1, 0.15) is 24.8 Å². The number of rotatable bonds is 5. The lowest BCUT2D eigenvalue weighted by Gasteiger charge is -2.05. The van der Waals surface area contributed by atoms with Crippen LogP contribution in [0, 0.1) is 6.92 Å². The van der Waals surface area contributed by atoms with E-state index in [0.717, 1.165) is 10.6 Å². The predicted molar refractivity (Wildman–Crippen MR) is 61.8 cm³/mol. The van der Waals surface area contributed by atoms with Crippen LogP contribution in [0.2, 0.25) is 0 Å². The first-order valence-corrected chi connectivity index (χ1v) is 6.22. The highest BCUT2D eigenvalue weighted by Gasteiger charge is 2.25. The highest BCUT2D eigenvalue weighted by molar-refractivity contribution is 7.99. The number of benzene rings is 1. The number of halogens is 3. The van der Waals surface area contributed by atoms with Gasteiger partial charge in [-0.2, -0.15) is 13.2 Å². The average Bonchev–Trinajstić information content (AvgIpc) is 2.19. The van der Waals surface area contributed by atoms with Crippen LogP contribution in [0.4, 0.5) is 13.2 Å². The SMILES string of the molecule is Cc1ccc(SCCCCC(F)(F)F)cc1. The average molecular weight is 248 g/mol. The monoisotopic (exact) mass is 248 g/mol. The van der Waals surface area contributed by atoms with Gasteiger partial charge in [-0.1, -0.05) is 17.7 Å². The van der Waals surface area contributed by atoms with E-state index in [1.807, 2.05) is 31.2 Å². The van der Waals surface area contributed by atoms with E-state index < -0.39 is 12.6 Å². The van der Waals surface area contributed by atoms with Crippen molar-refractivity contribution >= 4 is 11.8 Å². The number of aryl methyl sites for hydroxylation is 1. The van der Waals surface area contributed by atoms with Crippen LogP contribution >= 0.6 is 11.8 Å². The summed E-state index contributed by atoms with van der Waals surface area (Å²) >= 11 is 1.61. The molecule has 90 valence electrons. The topological polar surface area (TPSA) is 0 Å². The number of hydrogen-bond acceptors (Lipinski definition) is 1. The molecule has 0 N–H and O–H groups in total. The van der Waals surface area contributed by atoms with Crippen LogP contribution in [-0.4, -0.2) is 11.9 Å². The first kappa shape index (κ1) is 13.4. The molecule has 0 saturated heterocycles. The first-order chi connectivity index (χ1) is 7.47. The highest BCUT2D eigenvalue weighted by Crippen LogP contribution is 2.24. The van der Waals surface area contributed by atoms with Crippen molar-refractivity contribution in [1.82, 2.24) is 0 Å². The van der Waals surface area contributed by atoms with Crippen LogP contribution < -0.4 is 0 Å². The summed E-state index contributed by atoms with van der Waals surface area (Å²) < 4.78 is 35.5. The van der Waals surface area contributed by atoms with E-state index in [2.05, 4.69) is 0 Å². The van der Waals surface area contributed by atoms with E-state index in [9.17, 15) is 13.2 Å². The van der Waals surface area contributed by atoms with E-state index in [1.165, 1.54) is 5.56 Å². The molecule has 0 aliphatic rings. The minimum atomic E-state index is -4.01. The molecule has 4 heteroatoms. The fraction of sp³-hybridized carbons (Fsp3) is 0.500. The number of alkyl halides is 3. The molecular formula is C12H15F3S. The van der Waals surface area contributed by atoms with Gasteiger partial charge < -0.3 is 0 Å². The molecule has 0 heterocycles. The Morgan fingerprint density at radius 3 is 2.25 bits per heavy atom. The molecule has 0 nitrogen and oxygen atoms in total. The van der Waals surface area contributed by atoms with Crippen LogP contribution in [0.3, 0.4) is 0 Å². The lowest BCUT2D eigenvalue weighted by atomic mass is 10.2. The number of unbranched alkanes of at least 4 members (excludes halogenated alkanes) is 1. The predicted octanol–water partition coefficient (Wildman–Crippen LogP) is 4.82. The van der Waals surface area contributed by atoms with E-state index in [-0.39, 0.29) is 6.42 Å². The van der Waals surface area contributed by atoms with Gasteiger partial charge in [-0.25, -0.2) is 0 Å². The molecule has 0 bridgehead atoms. The second-order valence-electron chi connectivity index (χ2n) is 3.73. The summed E-state index contributed by atoms with van der Waals surface area (Å²) in [4.78, 5) is 1.12. The smallest absolute Gasteiger partial charge is 0.171 e. The summed E-state index contributed by atoms with van der Waals surface area (Å²) in [5.74, 6) is 0.749. The van der Waals surface area contributed by atoms with Gasteiger partial charge in [-0.15, -0.1) is 11.8 Å². The molecule has 0 saturated carbocycles. The van der Waals surface area contributed by atoms with Gasteiger partial charge in [-0.3, -0.25) is 0 Å². The van der Waals surface area contributed by atoms with E-state index >= 15 is 0 Å². The lowest BCUT2D eigenvalue weighted by molar-refractivity contribution is -0.135. The molecule has 0 radical (unpaired) electrons. The summed E-state index contributed by atoms with van der Waals surface area (Å²) in [5.41, 5.74) is 1.20. The van der Waals surface area contributed by atoms with Crippen LogP contribution in [0.5, 0.6) is 0 Å². The second kappa shape index (κ2) is 6.18. The van der Waals surface area contributed by atoms with Crippen molar-refractivity contribution in [2.24, 2.45) is 0 Å². The summed E-state index contributed by atoms with van der Waals surface area (Å²) in [6.45, 7) is 2.01. The molecule has 0 atom stereocenters. The highest BCUT2D eigenvalue weighted by atomic mass is 32.2. The third-order valence-corrected chi connectivity index (χ3v) is 3.24. The number of hydrogen-bond donors (Lipinski definition) is 0. The quantitative estimate of drug-likeness (QED) is 0.531. The maximum atomic E-state index is 11.8. The summed E-state index contributed by atoms with van der Waals surface area (Å²) in [5, 5.41) is 0. The minimum absolute atomic E-state index is 0.225. The first-order valence-electron chi connectivity index (χ1n) is 5.23. The Hall–Kier alpha value is -0.640. The Morgan fingerprint density at radius 2 is 1.69 bits per heavy atom. The molecule has 0 aliphatic heterocycles. The van der Waals surface area contributed by atoms with Crippen LogP contribution in [0.15, 0.2) is 29.2 Å². The molecule has 0 aliphatic carbocycles. The largest absolute Gasteiger partial charge is 0.389 e. The Bertz CT molecular complexity index is 303. The summed E-state index contributed by atoms with van der Waals surface area (Å²) in [6.07, 6.45) is -3.84. The molecular weight excluding hydrogens is 233 g/mol. The molecule has 1 aromatic rings. The molecule has 1 aromatic carbocycles. The standard InChI is InChI=1S/C12H15F3S/c1-10-4-6-11(7-5-10)16-9-3-2-8-12(13,14)15/h4-7H,2-3,8-9H2,1H3. The zero-order valence-corrected chi connectivity index (χ0v) is 10.00. The van der Waals surface area contributed by atoms with Crippen LogP contribution in [0.25, 0.3) is 0 Å². The summed E-state index contributed by atoms with van der Waals surface area (Å²) in [7, 11) is 0. The zero-order valence-electron chi connectivity index (χ0n) is 9.18. The third-order valence-electron chi connectivity index (χ3n) is 2.14. The van der Waals surface area contributed by atoms with Gasteiger partial charge in [-0.05, 0) is 37.7 Å².